The lowest BCUT2D eigenvalue weighted by Gasteiger charge is -2.17. The molecule has 4 nitrogen and oxygen atoms in total. The normalized spacial score (nSPS) is 18.0. The Morgan fingerprint density at radius 2 is 2.10 bits per heavy atom. The fraction of sp³-hybridized carbons (Fsp3) is 0.467. The van der Waals surface area contributed by atoms with E-state index in [9.17, 15) is 4.55 Å². The highest BCUT2D eigenvalue weighted by molar-refractivity contribution is 7.91. The van der Waals surface area contributed by atoms with Crippen molar-refractivity contribution in [2.75, 3.05) is 0 Å². The van der Waals surface area contributed by atoms with Gasteiger partial charge in [-0.2, -0.15) is 0 Å². The fourth-order valence-electron chi connectivity index (χ4n) is 2.01. The predicted molar refractivity (Wildman–Crippen MR) is 82.7 cm³/mol. The highest BCUT2D eigenvalue weighted by atomic mass is 32.2. The van der Waals surface area contributed by atoms with Gasteiger partial charge in [-0.3, -0.25) is 0 Å². The quantitative estimate of drug-likeness (QED) is 0.644. The van der Waals surface area contributed by atoms with E-state index in [2.05, 4.69) is 21.6 Å². The van der Waals surface area contributed by atoms with E-state index in [-0.39, 0.29) is 4.75 Å². The van der Waals surface area contributed by atoms with Crippen LogP contribution in [0, 0.1) is 0 Å². The third-order valence-corrected chi connectivity index (χ3v) is 4.69. The van der Waals surface area contributed by atoms with Gasteiger partial charge in [-0.05, 0) is 51.2 Å². The molecule has 106 valence electrons. The monoisotopic (exact) mass is 289 g/mol. The van der Waals surface area contributed by atoms with E-state index in [0.717, 1.165) is 17.3 Å². The molecular formula is C15H19N3OS. The maximum Gasteiger partial charge on any atom is 0.144 e. The number of rotatable bonds is 3. The fourth-order valence-corrected chi connectivity index (χ4v) is 2.53. The van der Waals surface area contributed by atoms with Crippen molar-refractivity contribution < 1.29 is 4.55 Å². The van der Waals surface area contributed by atoms with Crippen LogP contribution >= 0.6 is 0 Å². The van der Waals surface area contributed by atoms with E-state index in [0.29, 0.717) is 0 Å². The van der Waals surface area contributed by atoms with Gasteiger partial charge in [0.15, 0.2) is 0 Å². The first-order chi connectivity index (χ1) is 9.43. The van der Waals surface area contributed by atoms with Crippen LogP contribution in [0.2, 0.25) is 0 Å². The van der Waals surface area contributed by atoms with Crippen molar-refractivity contribution in [1.82, 2.24) is 9.38 Å². The third kappa shape index (κ3) is 2.88. The van der Waals surface area contributed by atoms with E-state index in [1.165, 1.54) is 18.4 Å². The van der Waals surface area contributed by atoms with Gasteiger partial charge in [-0.1, -0.05) is 10.5 Å². The smallest absolute Gasteiger partial charge is 0.144 e. The van der Waals surface area contributed by atoms with Crippen LogP contribution in [0.3, 0.4) is 0 Å². The van der Waals surface area contributed by atoms with Crippen molar-refractivity contribution in [2.24, 2.45) is 4.40 Å². The lowest BCUT2D eigenvalue weighted by atomic mass is 10.2. The second kappa shape index (κ2) is 4.90. The summed E-state index contributed by atoms with van der Waals surface area (Å²) in [6.45, 7) is 5.73. The van der Waals surface area contributed by atoms with Crippen LogP contribution in [0.15, 0.2) is 28.9 Å². The predicted octanol–water partition coefficient (Wildman–Crippen LogP) is 3.09. The van der Waals surface area contributed by atoms with E-state index in [4.69, 9.17) is 0 Å². The van der Waals surface area contributed by atoms with Gasteiger partial charge < -0.3 is 8.95 Å². The highest BCUT2D eigenvalue weighted by Crippen LogP contribution is 2.39. The first-order valence-corrected chi connectivity index (χ1v) is 7.99. The Balaban J connectivity index is 1.83. The molecule has 1 aliphatic rings. The Bertz CT molecular complexity index is 653. The average Bonchev–Trinajstić information content (AvgIpc) is 3.14. The maximum absolute atomic E-state index is 11.9. The second-order valence-electron chi connectivity index (χ2n) is 6.26. The third-order valence-electron chi connectivity index (χ3n) is 3.35. The molecule has 0 spiro atoms. The minimum Gasteiger partial charge on any atom is -0.591 e. The van der Waals surface area contributed by atoms with Crippen LogP contribution in [0.25, 0.3) is 5.65 Å². The van der Waals surface area contributed by atoms with Gasteiger partial charge in [-0.15, -0.1) is 0 Å². The zero-order valence-electron chi connectivity index (χ0n) is 12.0. The summed E-state index contributed by atoms with van der Waals surface area (Å²) in [6.07, 6.45) is 8.26. The van der Waals surface area contributed by atoms with E-state index >= 15 is 0 Å². The zero-order chi connectivity index (χ0) is 14.3. The molecule has 0 N–H and O–H groups in total. The molecule has 0 radical (unpaired) electrons. The van der Waals surface area contributed by atoms with Gasteiger partial charge in [0.2, 0.25) is 0 Å². The molecule has 0 amide bonds. The van der Waals surface area contributed by atoms with Gasteiger partial charge in [0.1, 0.15) is 33.7 Å². The lowest BCUT2D eigenvalue weighted by molar-refractivity contribution is 0.562. The molecule has 0 saturated heterocycles. The van der Waals surface area contributed by atoms with Crippen LogP contribution in [0.5, 0.6) is 0 Å². The Morgan fingerprint density at radius 3 is 2.75 bits per heavy atom. The molecule has 2 heterocycles. The van der Waals surface area contributed by atoms with Crippen molar-refractivity contribution >= 4 is 23.2 Å². The molecule has 2 aromatic heterocycles. The summed E-state index contributed by atoms with van der Waals surface area (Å²) in [5.41, 5.74) is 3.02. The van der Waals surface area contributed by atoms with Gasteiger partial charge in [0, 0.05) is 12.4 Å². The van der Waals surface area contributed by atoms with Crippen LogP contribution in [0.4, 0.5) is 0 Å². The number of aromatic nitrogens is 2. The van der Waals surface area contributed by atoms with Gasteiger partial charge in [-0.25, -0.2) is 4.98 Å². The zero-order valence-corrected chi connectivity index (χ0v) is 12.9. The van der Waals surface area contributed by atoms with Crippen molar-refractivity contribution in [3.63, 3.8) is 0 Å². The Labute approximate surface area is 122 Å². The summed E-state index contributed by atoms with van der Waals surface area (Å²) in [5, 5.41) is 0. The molecule has 1 aliphatic carbocycles. The second-order valence-corrected chi connectivity index (χ2v) is 8.20. The standard InChI is InChI=1S/C15H19N3OS/c1-15(2,3)20(19)16-8-13-10-18-9-12(11-4-5-11)6-7-14(18)17-13/h6-11H,4-5H2,1-3H3/t20-/m1/s1. The minimum absolute atomic E-state index is 0.338. The van der Waals surface area contributed by atoms with Crippen molar-refractivity contribution in [2.45, 2.75) is 44.3 Å². The summed E-state index contributed by atoms with van der Waals surface area (Å²) in [7, 11) is 0. The highest BCUT2D eigenvalue weighted by Gasteiger charge is 2.26. The molecule has 0 aromatic carbocycles. The summed E-state index contributed by atoms with van der Waals surface area (Å²) in [5.74, 6) is 0.729. The molecule has 1 atom stereocenters. The van der Waals surface area contributed by atoms with Gasteiger partial charge >= 0.3 is 0 Å². The van der Waals surface area contributed by atoms with Crippen LogP contribution < -0.4 is 0 Å². The number of fused-ring (bicyclic) bond motifs is 1. The first kappa shape index (κ1) is 13.6. The summed E-state index contributed by atoms with van der Waals surface area (Å²) >= 11 is -1.24. The molecule has 1 fully saturated rings. The Hall–Kier alpha value is -1.33. The summed E-state index contributed by atoms with van der Waals surface area (Å²) in [4.78, 5) is 4.47. The molecule has 1 saturated carbocycles. The lowest BCUT2D eigenvalue weighted by Crippen LogP contribution is -2.25. The molecule has 5 heteroatoms. The molecule has 0 aliphatic heterocycles. The van der Waals surface area contributed by atoms with Gasteiger partial charge in [0.25, 0.3) is 0 Å². The van der Waals surface area contributed by atoms with Crippen molar-refractivity contribution in [3.05, 3.63) is 35.8 Å². The number of pyridine rings is 1. The van der Waals surface area contributed by atoms with E-state index in [1.54, 1.807) is 6.21 Å². The molecular weight excluding hydrogens is 270 g/mol. The van der Waals surface area contributed by atoms with Gasteiger partial charge in [0.05, 0.1) is 0 Å². The van der Waals surface area contributed by atoms with Crippen LogP contribution in [-0.2, 0) is 11.4 Å². The first-order valence-electron chi connectivity index (χ1n) is 6.88. The molecule has 20 heavy (non-hydrogen) atoms. The molecule has 3 rings (SSSR count). The Kier molecular flexibility index (Phi) is 3.34. The Morgan fingerprint density at radius 1 is 1.35 bits per heavy atom. The molecule has 0 bridgehead atoms. The number of imidazole rings is 1. The average molecular weight is 289 g/mol. The number of hydrogen-bond donors (Lipinski definition) is 0. The number of hydrogen-bond acceptors (Lipinski definition) is 3. The van der Waals surface area contributed by atoms with Crippen molar-refractivity contribution in [1.29, 1.82) is 0 Å². The molecule has 2 aromatic rings. The van der Waals surface area contributed by atoms with Crippen LogP contribution in [-0.4, -0.2) is 24.9 Å². The SMILES string of the molecule is CC(C)(C)[S@@+]([O-])N=Cc1cn2cc(C3CC3)ccc2n1. The minimum atomic E-state index is -1.24. The maximum atomic E-state index is 11.9. The van der Waals surface area contributed by atoms with E-state index in [1.807, 2.05) is 37.4 Å². The largest absolute Gasteiger partial charge is 0.591 e. The van der Waals surface area contributed by atoms with Crippen LogP contribution in [0.1, 0.15) is 50.8 Å². The molecule has 0 unspecified atom stereocenters. The van der Waals surface area contributed by atoms with E-state index < -0.39 is 11.4 Å². The van der Waals surface area contributed by atoms with Crippen molar-refractivity contribution in [3.8, 4) is 0 Å². The topological polar surface area (TPSA) is 52.7 Å². The number of nitrogens with zero attached hydrogens (tertiary/aromatic N) is 3. The summed E-state index contributed by atoms with van der Waals surface area (Å²) < 4.78 is 17.7. The summed E-state index contributed by atoms with van der Waals surface area (Å²) in [6, 6.07) is 4.18.